The van der Waals surface area contributed by atoms with Gasteiger partial charge in [0.05, 0.1) is 0 Å². The van der Waals surface area contributed by atoms with Crippen LogP contribution >= 0.6 is 0 Å². The third kappa shape index (κ3) is 4.46. The molecule has 0 radical (unpaired) electrons. The Morgan fingerprint density at radius 3 is 2.11 bits per heavy atom. The van der Waals surface area contributed by atoms with Crippen LogP contribution in [-0.4, -0.2) is 11.7 Å². The lowest BCUT2D eigenvalue weighted by atomic mass is 9.94. The molecule has 1 nitrogen and oxygen atoms in total. The second kappa shape index (κ2) is 4.80. The Labute approximate surface area is 58.1 Å². The van der Waals surface area contributed by atoms with Gasteiger partial charge in [-0.05, 0) is 24.7 Å². The van der Waals surface area contributed by atoms with Gasteiger partial charge in [-0.3, -0.25) is 0 Å². The molecule has 0 rings (SSSR count). The summed E-state index contributed by atoms with van der Waals surface area (Å²) < 4.78 is 0. The summed E-state index contributed by atoms with van der Waals surface area (Å²) in [6, 6.07) is 0. The van der Waals surface area contributed by atoms with Gasteiger partial charge < -0.3 is 5.11 Å². The van der Waals surface area contributed by atoms with Crippen molar-refractivity contribution in [1.82, 2.24) is 0 Å². The number of hydrogen-bond donors (Lipinski definition) is 1. The molecule has 0 bridgehead atoms. The maximum atomic E-state index is 8.50. The fraction of sp³-hybridized carbons (Fsp3) is 1.00. The van der Waals surface area contributed by atoms with Crippen LogP contribution in [0.1, 0.15) is 33.6 Å². The van der Waals surface area contributed by atoms with Gasteiger partial charge in [0, 0.05) is 6.61 Å². The zero-order valence-electron chi connectivity index (χ0n) is 6.72. The number of hydrogen-bond acceptors (Lipinski definition) is 1. The molecule has 0 fully saturated rings. The highest BCUT2D eigenvalue weighted by Crippen LogP contribution is 2.14. The summed E-state index contributed by atoms with van der Waals surface area (Å²) in [6.07, 6.45) is 2.12. The summed E-state index contributed by atoms with van der Waals surface area (Å²) in [5, 5.41) is 8.50. The van der Waals surface area contributed by atoms with Crippen molar-refractivity contribution in [3.8, 4) is 0 Å². The minimum Gasteiger partial charge on any atom is -0.396 e. The molecule has 0 amide bonds. The maximum absolute atomic E-state index is 8.50. The Hall–Kier alpha value is -0.0400. The van der Waals surface area contributed by atoms with E-state index in [0.29, 0.717) is 6.61 Å². The lowest BCUT2D eigenvalue weighted by Gasteiger charge is -2.13. The van der Waals surface area contributed by atoms with E-state index in [1.807, 2.05) is 0 Å². The van der Waals surface area contributed by atoms with E-state index in [4.69, 9.17) is 5.11 Å². The monoisotopic (exact) mass is 130 g/mol. The largest absolute Gasteiger partial charge is 0.396 e. The predicted octanol–water partition coefficient (Wildman–Crippen LogP) is 2.05. The first-order valence-electron chi connectivity index (χ1n) is 3.79. The van der Waals surface area contributed by atoms with Gasteiger partial charge in [0.1, 0.15) is 0 Å². The quantitative estimate of drug-likeness (QED) is 0.617. The van der Waals surface area contributed by atoms with Gasteiger partial charge in [0.25, 0.3) is 0 Å². The van der Waals surface area contributed by atoms with Gasteiger partial charge in [-0.1, -0.05) is 20.8 Å². The van der Waals surface area contributed by atoms with Crippen molar-refractivity contribution in [2.45, 2.75) is 33.6 Å². The molecule has 0 heterocycles. The van der Waals surface area contributed by atoms with Crippen molar-refractivity contribution >= 4 is 0 Å². The highest BCUT2D eigenvalue weighted by molar-refractivity contribution is 4.55. The fourth-order valence-corrected chi connectivity index (χ4v) is 0.747. The lowest BCUT2D eigenvalue weighted by molar-refractivity contribution is 0.262. The van der Waals surface area contributed by atoms with E-state index in [2.05, 4.69) is 20.8 Å². The molecule has 0 unspecified atom stereocenters. The van der Waals surface area contributed by atoms with E-state index in [9.17, 15) is 0 Å². The average molecular weight is 130 g/mol. The van der Waals surface area contributed by atoms with E-state index in [0.717, 1.165) is 24.7 Å². The van der Waals surface area contributed by atoms with Crippen LogP contribution in [0.15, 0.2) is 0 Å². The Morgan fingerprint density at radius 2 is 1.78 bits per heavy atom. The topological polar surface area (TPSA) is 20.2 Å². The second-order valence-electron chi connectivity index (χ2n) is 3.09. The minimum atomic E-state index is 0.344. The van der Waals surface area contributed by atoms with E-state index >= 15 is 0 Å². The smallest absolute Gasteiger partial charge is 0.0431 e. The van der Waals surface area contributed by atoms with Crippen LogP contribution in [0.25, 0.3) is 0 Å². The Bertz CT molecular complexity index is 59.6. The highest BCUT2D eigenvalue weighted by Gasteiger charge is 2.04. The summed E-state index contributed by atoms with van der Waals surface area (Å²) in [7, 11) is 0. The maximum Gasteiger partial charge on any atom is 0.0431 e. The molecule has 0 aliphatic carbocycles. The van der Waals surface area contributed by atoms with Crippen LogP contribution in [0, 0.1) is 11.8 Å². The van der Waals surface area contributed by atoms with E-state index in [1.54, 1.807) is 0 Å². The zero-order chi connectivity index (χ0) is 7.28. The van der Waals surface area contributed by atoms with Crippen molar-refractivity contribution in [1.29, 1.82) is 0 Å². The summed E-state index contributed by atoms with van der Waals surface area (Å²) in [5.74, 6) is 1.52. The molecule has 0 saturated heterocycles. The number of rotatable bonds is 4. The van der Waals surface area contributed by atoms with Crippen molar-refractivity contribution in [2.75, 3.05) is 6.61 Å². The van der Waals surface area contributed by atoms with Gasteiger partial charge in [-0.25, -0.2) is 0 Å². The molecule has 0 aliphatic heterocycles. The van der Waals surface area contributed by atoms with Gasteiger partial charge in [0.2, 0.25) is 0 Å². The van der Waals surface area contributed by atoms with Crippen LogP contribution < -0.4 is 0 Å². The SMILES string of the molecule is CC(C)[C@@H](C)CCCO. The normalized spacial score (nSPS) is 14.3. The summed E-state index contributed by atoms with van der Waals surface area (Å²) >= 11 is 0. The van der Waals surface area contributed by atoms with Crippen LogP contribution in [0.3, 0.4) is 0 Å². The standard InChI is InChI=1S/C8H18O/c1-7(2)8(3)5-4-6-9/h7-9H,4-6H2,1-3H3/t8-/m0/s1. The third-order valence-corrected chi connectivity index (χ3v) is 1.96. The first kappa shape index (κ1) is 8.96. The molecular weight excluding hydrogens is 112 g/mol. The predicted molar refractivity (Wildman–Crippen MR) is 40.3 cm³/mol. The third-order valence-electron chi connectivity index (χ3n) is 1.96. The van der Waals surface area contributed by atoms with Crippen molar-refractivity contribution in [3.05, 3.63) is 0 Å². The van der Waals surface area contributed by atoms with Gasteiger partial charge in [-0.2, -0.15) is 0 Å². The van der Waals surface area contributed by atoms with Crippen LogP contribution in [0.5, 0.6) is 0 Å². The minimum absolute atomic E-state index is 0.344. The molecule has 0 aromatic heterocycles. The van der Waals surface area contributed by atoms with Crippen LogP contribution in [0.4, 0.5) is 0 Å². The molecule has 0 aromatic carbocycles. The molecule has 9 heavy (non-hydrogen) atoms. The van der Waals surface area contributed by atoms with E-state index < -0.39 is 0 Å². The van der Waals surface area contributed by atoms with Gasteiger partial charge in [-0.15, -0.1) is 0 Å². The molecule has 0 saturated carbocycles. The molecule has 56 valence electrons. The first-order chi connectivity index (χ1) is 4.18. The zero-order valence-corrected chi connectivity index (χ0v) is 6.72. The molecule has 0 aliphatic rings. The van der Waals surface area contributed by atoms with Crippen LogP contribution in [-0.2, 0) is 0 Å². The Balaban J connectivity index is 3.16. The van der Waals surface area contributed by atoms with Crippen molar-refractivity contribution in [3.63, 3.8) is 0 Å². The summed E-state index contributed by atoms with van der Waals surface area (Å²) in [6.45, 7) is 7.03. The summed E-state index contributed by atoms with van der Waals surface area (Å²) in [5.41, 5.74) is 0. The van der Waals surface area contributed by atoms with Crippen molar-refractivity contribution in [2.24, 2.45) is 11.8 Å². The molecular formula is C8H18O. The Kier molecular flexibility index (Phi) is 4.78. The second-order valence-corrected chi connectivity index (χ2v) is 3.09. The average Bonchev–Trinajstić information content (AvgIpc) is 1.82. The first-order valence-corrected chi connectivity index (χ1v) is 3.79. The molecule has 1 atom stereocenters. The van der Waals surface area contributed by atoms with Crippen molar-refractivity contribution < 1.29 is 5.11 Å². The van der Waals surface area contributed by atoms with E-state index in [-0.39, 0.29) is 0 Å². The Morgan fingerprint density at radius 1 is 1.22 bits per heavy atom. The number of aliphatic hydroxyl groups is 1. The lowest BCUT2D eigenvalue weighted by Crippen LogP contribution is -2.04. The van der Waals surface area contributed by atoms with Gasteiger partial charge in [0.15, 0.2) is 0 Å². The number of aliphatic hydroxyl groups excluding tert-OH is 1. The van der Waals surface area contributed by atoms with Crippen LogP contribution in [0.2, 0.25) is 0 Å². The molecule has 0 spiro atoms. The highest BCUT2D eigenvalue weighted by atomic mass is 16.2. The van der Waals surface area contributed by atoms with Gasteiger partial charge >= 0.3 is 0 Å². The van der Waals surface area contributed by atoms with E-state index in [1.165, 1.54) is 0 Å². The molecule has 1 N–H and O–H groups in total. The molecule has 0 aromatic rings. The summed E-state index contributed by atoms with van der Waals surface area (Å²) in [4.78, 5) is 0. The fourth-order valence-electron chi connectivity index (χ4n) is 0.747. The molecule has 1 heteroatoms.